The summed E-state index contributed by atoms with van der Waals surface area (Å²) in [6, 6.07) is 0. The summed E-state index contributed by atoms with van der Waals surface area (Å²) in [5.41, 5.74) is 0. The molecule has 0 saturated heterocycles. The van der Waals surface area contributed by atoms with Crippen LogP contribution in [0.3, 0.4) is 0 Å². The van der Waals surface area contributed by atoms with Crippen molar-refractivity contribution in [2.45, 2.75) is 32.6 Å². The van der Waals surface area contributed by atoms with E-state index < -0.39 is 0 Å². The van der Waals surface area contributed by atoms with Crippen molar-refractivity contribution in [3.8, 4) is 0 Å². The number of hydrogen-bond donors (Lipinski definition) is 1. The lowest BCUT2D eigenvalue weighted by atomic mass is 10.0. The molecule has 1 heteroatoms. The van der Waals surface area contributed by atoms with Gasteiger partial charge in [0.05, 0.1) is 0 Å². The van der Waals surface area contributed by atoms with Crippen LogP contribution in [-0.4, -0.2) is 11.7 Å². The second-order valence-corrected chi connectivity index (χ2v) is 3.18. The normalized spacial score (nSPS) is 22.0. The zero-order chi connectivity index (χ0) is 6.69. The van der Waals surface area contributed by atoms with Gasteiger partial charge in [0.1, 0.15) is 0 Å². The Balaban J connectivity index is 1.96. The van der Waals surface area contributed by atoms with Gasteiger partial charge >= 0.3 is 0 Å². The van der Waals surface area contributed by atoms with Crippen molar-refractivity contribution in [3.05, 3.63) is 0 Å². The molecule has 1 atom stereocenters. The van der Waals surface area contributed by atoms with E-state index in [0.717, 1.165) is 18.3 Å². The minimum absolute atomic E-state index is 0.372. The van der Waals surface area contributed by atoms with E-state index in [-0.39, 0.29) is 0 Å². The predicted molar refractivity (Wildman–Crippen MR) is 38.2 cm³/mol. The van der Waals surface area contributed by atoms with Crippen LogP contribution in [0.4, 0.5) is 0 Å². The second-order valence-electron chi connectivity index (χ2n) is 3.18. The summed E-state index contributed by atoms with van der Waals surface area (Å²) < 4.78 is 0. The van der Waals surface area contributed by atoms with Gasteiger partial charge in [-0.15, -0.1) is 0 Å². The maximum absolute atomic E-state index is 8.52. The number of rotatable bonds is 4. The van der Waals surface area contributed by atoms with Gasteiger partial charge in [-0.3, -0.25) is 0 Å². The van der Waals surface area contributed by atoms with E-state index in [4.69, 9.17) is 5.11 Å². The molecular weight excluding hydrogens is 112 g/mol. The van der Waals surface area contributed by atoms with Crippen LogP contribution < -0.4 is 0 Å². The van der Waals surface area contributed by atoms with Crippen LogP contribution in [0.2, 0.25) is 0 Å². The highest BCUT2D eigenvalue weighted by Crippen LogP contribution is 2.38. The third kappa shape index (κ3) is 2.35. The molecule has 1 rings (SSSR count). The Morgan fingerprint density at radius 3 is 2.67 bits per heavy atom. The quantitative estimate of drug-likeness (QED) is 0.612. The van der Waals surface area contributed by atoms with E-state index in [1.165, 1.54) is 19.3 Å². The Bertz CT molecular complexity index is 76.6. The van der Waals surface area contributed by atoms with E-state index in [1.807, 2.05) is 0 Å². The highest BCUT2D eigenvalue weighted by Gasteiger charge is 2.26. The van der Waals surface area contributed by atoms with Crippen molar-refractivity contribution in [2.24, 2.45) is 11.8 Å². The summed E-state index contributed by atoms with van der Waals surface area (Å²) in [6.07, 6.45) is 5.10. The standard InChI is InChI=1S/C8H16O/c1-7(3-2-6-9)8-4-5-8/h7-9H,2-6H2,1H3/t7-/m1/s1. The fourth-order valence-corrected chi connectivity index (χ4v) is 1.31. The Morgan fingerprint density at radius 1 is 1.56 bits per heavy atom. The fourth-order valence-electron chi connectivity index (χ4n) is 1.31. The molecule has 0 spiro atoms. The van der Waals surface area contributed by atoms with Crippen molar-refractivity contribution < 1.29 is 5.11 Å². The van der Waals surface area contributed by atoms with Gasteiger partial charge in [-0.05, 0) is 37.5 Å². The molecule has 0 aromatic carbocycles. The first kappa shape index (κ1) is 7.07. The van der Waals surface area contributed by atoms with Gasteiger partial charge in [-0.1, -0.05) is 6.92 Å². The molecule has 1 aliphatic carbocycles. The third-order valence-corrected chi connectivity index (χ3v) is 2.24. The van der Waals surface area contributed by atoms with Crippen molar-refractivity contribution in [1.82, 2.24) is 0 Å². The molecule has 54 valence electrons. The van der Waals surface area contributed by atoms with Crippen LogP contribution in [0.15, 0.2) is 0 Å². The Hall–Kier alpha value is -0.0400. The molecule has 0 amide bonds. The molecule has 0 aliphatic heterocycles. The summed E-state index contributed by atoms with van der Waals surface area (Å²) in [6.45, 7) is 2.67. The monoisotopic (exact) mass is 128 g/mol. The average molecular weight is 128 g/mol. The highest BCUT2D eigenvalue weighted by atomic mass is 16.2. The van der Waals surface area contributed by atoms with Crippen molar-refractivity contribution in [2.75, 3.05) is 6.61 Å². The number of aliphatic hydroxyl groups excluding tert-OH is 1. The Labute approximate surface area is 57.1 Å². The van der Waals surface area contributed by atoms with Crippen LogP contribution in [-0.2, 0) is 0 Å². The SMILES string of the molecule is C[C@H](CCCO)C1CC1. The topological polar surface area (TPSA) is 20.2 Å². The number of hydrogen-bond acceptors (Lipinski definition) is 1. The number of aliphatic hydroxyl groups is 1. The van der Waals surface area contributed by atoms with Gasteiger partial charge < -0.3 is 5.11 Å². The van der Waals surface area contributed by atoms with Crippen LogP contribution in [0.1, 0.15) is 32.6 Å². The molecular formula is C8H16O. The minimum Gasteiger partial charge on any atom is -0.396 e. The van der Waals surface area contributed by atoms with E-state index >= 15 is 0 Å². The lowest BCUT2D eigenvalue weighted by molar-refractivity contribution is 0.269. The second kappa shape index (κ2) is 3.21. The molecule has 0 unspecified atom stereocenters. The van der Waals surface area contributed by atoms with Gasteiger partial charge in [0.25, 0.3) is 0 Å². The molecule has 9 heavy (non-hydrogen) atoms. The maximum Gasteiger partial charge on any atom is 0.0431 e. The largest absolute Gasteiger partial charge is 0.396 e. The first-order valence-corrected chi connectivity index (χ1v) is 3.95. The molecule has 0 radical (unpaired) electrons. The van der Waals surface area contributed by atoms with E-state index in [9.17, 15) is 0 Å². The minimum atomic E-state index is 0.372. The average Bonchev–Trinajstić information content (AvgIpc) is 2.63. The van der Waals surface area contributed by atoms with Crippen LogP contribution in [0.25, 0.3) is 0 Å². The van der Waals surface area contributed by atoms with E-state index in [2.05, 4.69) is 6.92 Å². The van der Waals surface area contributed by atoms with Crippen LogP contribution in [0.5, 0.6) is 0 Å². The highest BCUT2D eigenvalue weighted by molar-refractivity contribution is 4.78. The summed E-state index contributed by atoms with van der Waals surface area (Å²) >= 11 is 0. The zero-order valence-electron chi connectivity index (χ0n) is 6.14. The molecule has 0 bridgehead atoms. The van der Waals surface area contributed by atoms with Crippen molar-refractivity contribution >= 4 is 0 Å². The van der Waals surface area contributed by atoms with Crippen LogP contribution >= 0.6 is 0 Å². The summed E-state index contributed by atoms with van der Waals surface area (Å²) in [5, 5.41) is 8.52. The summed E-state index contributed by atoms with van der Waals surface area (Å²) in [7, 11) is 0. The Morgan fingerprint density at radius 2 is 2.22 bits per heavy atom. The lowest BCUT2D eigenvalue weighted by Crippen LogP contribution is -1.97. The fraction of sp³-hybridized carbons (Fsp3) is 1.00. The van der Waals surface area contributed by atoms with Gasteiger partial charge in [0, 0.05) is 6.61 Å². The molecule has 1 saturated carbocycles. The summed E-state index contributed by atoms with van der Waals surface area (Å²) in [5.74, 6) is 1.88. The zero-order valence-corrected chi connectivity index (χ0v) is 6.14. The van der Waals surface area contributed by atoms with Gasteiger partial charge in [-0.25, -0.2) is 0 Å². The molecule has 1 nitrogen and oxygen atoms in total. The van der Waals surface area contributed by atoms with Gasteiger partial charge in [0.15, 0.2) is 0 Å². The van der Waals surface area contributed by atoms with E-state index in [0.29, 0.717) is 6.61 Å². The molecule has 0 aromatic heterocycles. The Kier molecular flexibility index (Phi) is 2.52. The molecule has 1 aliphatic rings. The van der Waals surface area contributed by atoms with Gasteiger partial charge in [-0.2, -0.15) is 0 Å². The summed E-state index contributed by atoms with van der Waals surface area (Å²) in [4.78, 5) is 0. The molecule has 1 N–H and O–H groups in total. The van der Waals surface area contributed by atoms with E-state index in [1.54, 1.807) is 0 Å². The van der Waals surface area contributed by atoms with Crippen molar-refractivity contribution in [3.63, 3.8) is 0 Å². The predicted octanol–water partition coefficient (Wildman–Crippen LogP) is 1.80. The molecule has 0 aromatic rings. The molecule has 0 heterocycles. The first-order chi connectivity index (χ1) is 4.34. The molecule has 1 fully saturated rings. The van der Waals surface area contributed by atoms with Crippen LogP contribution in [0, 0.1) is 11.8 Å². The smallest absolute Gasteiger partial charge is 0.0431 e. The van der Waals surface area contributed by atoms with Gasteiger partial charge in [0.2, 0.25) is 0 Å². The van der Waals surface area contributed by atoms with Crippen molar-refractivity contribution in [1.29, 1.82) is 0 Å². The lowest BCUT2D eigenvalue weighted by Gasteiger charge is -2.06. The third-order valence-electron chi connectivity index (χ3n) is 2.24. The maximum atomic E-state index is 8.52. The first-order valence-electron chi connectivity index (χ1n) is 3.95.